The Kier molecular flexibility index (Phi) is 5.52. The fourth-order valence-electron chi connectivity index (χ4n) is 1.41. The first-order chi connectivity index (χ1) is 9.88. The van der Waals surface area contributed by atoms with E-state index in [2.05, 4.69) is 4.18 Å². The van der Waals surface area contributed by atoms with Gasteiger partial charge in [-0.1, -0.05) is 17.7 Å². The van der Waals surface area contributed by atoms with Crippen LogP contribution in [0.25, 0.3) is 0 Å². The van der Waals surface area contributed by atoms with Crippen LogP contribution in [-0.4, -0.2) is 38.3 Å². The van der Waals surface area contributed by atoms with Crippen LogP contribution in [-0.2, 0) is 14.3 Å². The van der Waals surface area contributed by atoms with E-state index in [0.717, 1.165) is 5.56 Å². The van der Waals surface area contributed by atoms with Gasteiger partial charge in [0.25, 0.3) is 10.1 Å². The summed E-state index contributed by atoms with van der Waals surface area (Å²) in [6.45, 7) is 0.690. The second kappa shape index (κ2) is 6.47. The molecule has 0 aliphatic heterocycles. The van der Waals surface area contributed by atoms with Crippen LogP contribution in [0.4, 0.5) is 22.0 Å². The molecule has 0 saturated heterocycles. The van der Waals surface area contributed by atoms with Crippen molar-refractivity contribution < 1.29 is 39.7 Å². The lowest BCUT2D eigenvalue weighted by Crippen LogP contribution is -2.47. The third-order valence-electron chi connectivity index (χ3n) is 2.74. The highest BCUT2D eigenvalue weighted by molar-refractivity contribution is 7.86. The van der Waals surface area contributed by atoms with E-state index in [-0.39, 0.29) is 4.90 Å². The molecular formula is C12H13F5O4S. The summed E-state index contributed by atoms with van der Waals surface area (Å²) in [7, 11) is -4.29. The molecule has 0 heterocycles. The van der Waals surface area contributed by atoms with Gasteiger partial charge in [0.05, 0.1) is 11.5 Å². The maximum atomic E-state index is 12.7. The Morgan fingerprint density at radius 3 is 2.09 bits per heavy atom. The second-order valence-corrected chi connectivity index (χ2v) is 6.13. The molecule has 0 bridgehead atoms. The lowest BCUT2D eigenvalue weighted by molar-refractivity contribution is -0.313. The quantitative estimate of drug-likeness (QED) is 0.634. The molecule has 22 heavy (non-hydrogen) atoms. The van der Waals surface area contributed by atoms with Crippen molar-refractivity contribution in [3.8, 4) is 0 Å². The predicted molar refractivity (Wildman–Crippen MR) is 65.9 cm³/mol. The molecule has 1 rings (SSSR count). The van der Waals surface area contributed by atoms with Gasteiger partial charge in [-0.15, -0.1) is 0 Å². The molecule has 0 amide bonds. The third-order valence-corrected chi connectivity index (χ3v) is 4.06. The van der Waals surface area contributed by atoms with E-state index in [0.29, 0.717) is 0 Å². The normalized spacial score (nSPS) is 14.9. The van der Waals surface area contributed by atoms with Gasteiger partial charge in [0.2, 0.25) is 0 Å². The number of hydrogen-bond acceptors (Lipinski definition) is 4. The zero-order valence-corrected chi connectivity index (χ0v) is 12.1. The van der Waals surface area contributed by atoms with E-state index in [1.807, 2.05) is 0 Å². The van der Waals surface area contributed by atoms with Crippen LogP contribution in [0, 0.1) is 6.92 Å². The van der Waals surface area contributed by atoms with Crippen molar-refractivity contribution in [3.63, 3.8) is 0 Å². The van der Waals surface area contributed by atoms with Gasteiger partial charge in [-0.25, -0.2) is 0 Å². The lowest BCUT2D eigenvalue weighted by atomic mass is 10.1. The van der Waals surface area contributed by atoms with E-state index in [1.165, 1.54) is 24.3 Å². The van der Waals surface area contributed by atoms with Gasteiger partial charge in [-0.3, -0.25) is 4.18 Å². The van der Waals surface area contributed by atoms with Crippen LogP contribution in [0.1, 0.15) is 12.0 Å². The van der Waals surface area contributed by atoms with E-state index in [4.69, 9.17) is 5.11 Å². The summed E-state index contributed by atoms with van der Waals surface area (Å²) in [5, 5.41) is 8.87. The average Bonchev–Trinajstić information content (AvgIpc) is 2.37. The number of rotatable bonds is 6. The van der Waals surface area contributed by atoms with Crippen molar-refractivity contribution >= 4 is 10.1 Å². The summed E-state index contributed by atoms with van der Waals surface area (Å²) in [4.78, 5) is -0.268. The van der Waals surface area contributed by atoms with Gasteiger partial charge < -0.3 is 5.11 Å². The predicted octanol–water partition coefficient (Wildman–Crippen LogP) is 2.65. The molecule has 0 radical (unpaired) electrons. The molecule has 1 atom stereocenters. The Labute approximate surface area is 123 Å². The molecular weight excluding hydrogens is 335 g/mol. The summed E-state index contributed by atoms with van der Waals surface area (Å²) in [5.74, 6) is -5.34. The largest absolute Gasteiger partial charge is 0.456 e. The number of aryl methyl sites for hydroxylation is 1. The molecule has 4 nitrogen and oxygen atoms in total. The van der Waals surface area contributed by atoms with Crippen LogP contribution in [0.2, 0.25) is 0 Å². The van der Waals surface area contributed by atoms with Crippen molar-refractivity contribution in [2.45, 2.75) is 36.4 Å². The summed E-state index contributed by atoms with van der Waals surface area (Å²) in [5.41, 5.74) is 0.763. The number of aliphatic hydroxyl groups excluding tert-OH is 1. The van der Waals surface area contributed by atoms with Gasteiger partial charge in [0.15, 0.2) is 0 Å². The fraction of sp³-hybridized carbons (Fsp3) is 0.500. The van der Waals surface area contributed by atoms with Crippen LogP contribution in [0.5, 0.6) is 0 Å². The Balaban J connectivity index is 2.65. The van der Waals surface area contributed by atoms with Crippen LogP contribution < -0.4 is 0 Å². The molecule has 1 aromatic carbocycles. The summed E-state index contributed by atoms with van der Waals surface area (Å²) < 4.78 is 89.1. The molecule has 0 aliphatic carbocycles. The summed E-state index contributed by atoms with van der Waals surface area (Å²) >= 11 is 0. The van der Waals surface area contributed by atoms with Crippen molar-refractivity contribution in [1.29, 1.82) is 0 Å². The Morgan fingerprint density at radius 2 is 1.64 bits per heavy atom. The highest BCUT2D eigenvalue weighted by atomic mass is 32.2. The number of halogens is 5. The van der Waals surface area contributed by atoms with Crippen molar-refractivity contribution in [2.24, 2.45) is 0 Å². The minimum Gasteiger partial charge on any atom is -0.386 e. The summed E-state index contributed by atoms with van der Waals surface area (Å²) in [6, 6.07) is 5.32. The molecule has 10 heteroatoms. The first-order valence-electron chi connectivity index (χ1n) is 5.96. The van der Waals surface area contributed by atoms with Crippen molar-refractivity contribution in [1.82, 2.24) is 0 Å². The monoisotopic (exact) mass is 348 g/mol. The molecule has 1 unspecified atom stereocenters. The fourth-order valence-corrected chi connectivity index (χ4v) is 2.33. The first kappa shape index (κ1) is 18.8. The third kappa shape index (κ3) is 4.37. The number of alkyl halides is 5. The minimum atomic E-state index is -5.93. The number of benzene rings is 1. The maximum absolute atomic E-state index is 12.7. The smallest absolute Gasteiger partial charge is 0.386 e. The molecule has 0 aliphatic rings. The van der Waals surface area contributed by atoms with E-state index in [9.17, 15) is 30.4 Å². The highest BCUT2D eigenvalue weighted by Gasteiger charge is 2.61. The van der Waals surface area contributed by atoms with E-state index in [1.54, 1.807) is 6.92 Å². The molecule has 126 valence electrons. The molecule has 0 fully saturated rings. The topological polar surface area (TPSA) is 63.6 Å². The van der Waals surface area contributed by atoms with Crippen molar-refractivity contribution in [3.05, 3.63) is 29.8 Å². The zero-order valence-electron chi connectivity index (χ0n) is 11.3. The molecule has 1 aromatic rings. The zero-order chi connectivity index (χ0) is 17.2. The average molecular weight is 348 g/mol. The first-order valence-corrected chi connectivity index (χ1v) is 7.37. The van der Waals surface area contributed by atoms with Gasteiger partial charge >= 0.3 is 12.1 Å². The minimum absolute atomic E-state index is 0.268. The second-order valence-electron chi connectivity index (χ2n) is 4.51. The van der Waals surface area contributed by atoms with Crippen LogP contribution in [0.15, 0.2) is 29.2 Å². The molecule has 1 N–H and O–H groups in total. The Hall–Kier alpha value is -1.26. The Morgan fingerprint density at radius 1 is 1.14 bits per heavy atom. The SMILES string of the molecule is Cc1ccc(S(=O)(=O)OCCC(O)C(F)(F)C(F)(F)F)cc1. The highest BCUT2D eigenvalue weighted by Crippen LogP contribution is 2.39. The van der Waals surface area contributed by atoms with Crippen molar-refractivity contribution in [2.75, 3.05) is 6.61 Å². The van der Waals surface area contributed by atoms with Gasteiger partial charge in [-0.05, 0) is 19.1 Å². The van der Waals surface area contributed by atoms with Crippen LogP contribution >= 0.6 is 0 Å². The van der Waals surface area contributed by atoms with Crippen LogP contribution in [0.3, 0.4) is 0 Å². The standard InChI is InChI=1S/C12H13F5O4S/c1-8-2-4-9(5-3-8)22(19,20)21-7-6-10(18)11(13,14)12(15,16)17/h2-5,10,18H,6-7H2,1H3. The number of aliphatic hydroxyl groups is 1. The Bertz CT molecular complexity index is 595. The molecule has 0 aromatic heterocycles. The summed E-state index contributed by atoms with van der Waals surface area (Å²) in [6.07, 6.45) is -10.2. The van der Waals surface area contributed by atoms with Gasteiger partial charge in [0.1, 0.15) is 6.10 Å². The number of hydrogen-bond donors (Lipinski definition) is 1. The molecule has 0 spiro atoms. The van der Waals surface area contributed by atoms with Gasteiger partial charge in [-0.2, -0.15) is 30.4 Å². The van der Waals surface area contributed by atoms with E-state index >= 15 is 0 Å². The lowest BCUT2D eigenvalue weighted by Gasteiger charge is -2.24. The molecule has 0 saturated carbocycles. The van der Waals surface area contributed by atoms with E-state index < -0.39 is 41.3 Å². The maximum Gasteiger partial charge on any atom is 0.456 e. The van der Waals surface area contributed by atoms with Gasteiger partial charge in [0, 0.05) is 6.42 Å².